The van der Waals surface area contributed by atoms with Gasteiger partial charge in [0.15, 0.2) is 0 Å². The van der Waals surface area contributed by atoms with E-state index >= 15 is 0 Å². The number of halogens is 1. The molecule has 24 heavy (non-hydrogen) atoms. The number of ether oxygens (including phenoxy) is 1. The maximum absolute atomic E-state index is 12.3. The maximum Gasteiger partial charge on any atom is 0.265 e. The largest absolute Gasteiger partial charge is 0.489 e. The summed E-state index contributed by atoms with van der Waals surface area (Å²) in [5.74, 6) is 0.595. The van der Waals surface area contributed by atoms with Crippen LogP contribution < -0.4 is 10.1 Å². The topological polar surface area (TPSA) is 38.3 Å². The fourth-order valence-electron chi connectivity index (χ4n) is 2.12. The van der Waals surface area contributed by atoms with Gasteiger partial charge in [-0.3, -0.25) is 4.79 Å². The number of anilines is 1. The van der Waals surface area contributed by atoms with E-state index in [-0.39, 0.29) is 5.91 Å². The standard InChI is InChI=1S/C19H16ClNO2S/c1-13-5-7-16(8-6-13)21-19(22)18-9-14(12-24-18)11-23-17-4-2-3-15(20)10-17/h2-10,12H,11H2,1H3,(H,21,22). The molecular formula is C19H16ClNO2S. The van der Waals surface area contributed by atoms with E-state index in [4.69, 9.17) is 16.3 Å². The van der Waals surface area contributed by atoms with Gasteiger partial charge in [-0.15, -0.1) is 11.3 Å². The van der Waals surface area contributed by atoms with E-state index in [1.165, 1.54) is 11.3 Å². The van der Waals surface area contributed by atoms with Crippen molar-refractivity contribution in [1.29, 1.82) is 0 Å². The van der Waals surface area contributed by atoms with Crippen molar-refractivity contribution in [2.75, 3.05) is 5.32 Å². The Morgan fingerprint density at radius 1 is 1.17 bits per heavy atom. The van der Waals surface area contributed by atoms with Crippen LogP contribution in [0.15, 0.2) is 60.0 Å². The van der Waals surface area contributed by atoms with Crippen LogP contribution in [-0.4, -0.2) is 5.91 Å². The van der Waals surface area contributed by atoms with Crippen LogP contribution in [0.25, 0.3) is 0 Å². The van der Waals surface area contributed by atoms with Crippen molar-refractivity contribution in [3.05, 3.63) is 81.0 Å². The molecule has 1 aromatic heterocycles. The third-order valence-corrected chi connectivity index (χ3v) is 4.60. The third-order valence-electron chi connectivity index (χ3n) is 3.39. The van der Waals surface area contributed by atoms with Crippen LogP contribution in [0, 0.1) is 6.92 Å². The Labute approximate surface area is 149 Å². The number of carbonyl (C=O) groups excluding carboxylic acids is 1. The SMILES string of the molecule is Cc1ccc(NC(=O)c2cc(COc3cccc(Cl)c3)cs2)cc1. The summed E-state index contributed by atoms with van der Waals surface area (Å²) in [5, 5.41) is 5.45. The number of benzene rings is 2. The summed E-state index contributed by atoms with van der Waals surface area (Å²) in [6.45, 7) is 2.41. The lowest BCUT2D eigenvalue weighted by atomic mass is 10.2. The molecule has 0 bridgehead atoms. The highest BCUT2D eigenvalue weighted by Crippen LogP contribution is 2.21. The van der Waals surface area contributed by atoms with Crippen molar-refractivity contribution in [3.8, 4) is 5.75 Å². The van der Waals surface area contributed by atoms with Crippen molar-refractivity contribution >= 4 is 34.5 Å². The van der Waals surface area contributed by atoms with Gasteiger partial charge in [-0.1, -0.05) is 35.4 Å². The molecule has 0 saturated carbocycles. The lowest BCUT2D eigenvalue weighted by molar-refractivity contribution is 0.103. The average molecular weight is 358 g/mol. The Hall–Kier alpha value is -2.30. The Balaban J connectivity index is 1.60. The summed E-state index contributed by atoms with van der Waals surface area (Å²) in [7, 11) is 0. The Bertz CT molecular complexity index is 843. The summed E-state index contributed by atoms with van der Waals surface area (Å²) >= 11 is 7.33. The zero-order chi connectivity index (χ0) is 16.9. The van der Waals surface area contributed by atoms with Gasteiger partial charge in [-0.2, -0.15) is 0 Å². The van der Waals surface area contributed by atoms with Crippen molar-refractivity contribution < 1.29 is 9.53 Å². The summed E-state index contributed by atoms with van der Waals surface area (Å²) in [5.41, 5.74) is 2.90. The minimum Gasteiger partial charge on any atom is -0.489 e. The van der Waals surface area contributed by atoms with Crippen molar-refractivity contribution in [3.63, 3.8) is 0 Å². The van der Waals surface area contributed by atoms with Crippen molar-refractivity contribution in [2.45, 2.75) is 13.5 Å². The summed E-state index contributed by atoms with van der Waals surface area (Å²) in [4.78, 5) is 12.9. The molecule has 0 spiro atoms. The number of amides is 1. The normalized spacial score (nSPS) is 10.4. The van der Waals surface area contributed by atoms with Gasteiger partial charge in [-0.05, 0) is 48.7 Å². The summed E-state index contributed by atoms with van der Waals surface area (Å²) in [6, 6.07) is 16.8. The highest BCUT2D eigenvalue weighted by Gasteiger charge is 2.10. The van der Waals surface area contributed by atoms with Crippen LogP contribution >= 0.6 is 22.9 Å². The molecule has 0 aliphatic carbocycles. The highest BCUT2D eigenvalue weighted by molar-refractivity contribution is 7.12. The Kier molecular flexibility index (Phi) is 5.18. The maximum atomic E-state index is 12.3. The Morgan fingerprint density at radius 3 is 2.71 bits per heavy atom. The molecule has 2 aromatic carbocycles. The molecule has 0 radical (unpaired) electrons. The fourth-order valence-corrected chi connectivity index (χ4v) is 3.10. The second-order valence-corrected chi connectivity index (χ2v) is 6.73. The molecule has 5 heteroatoms. The van der Waals surface area contributed by atoms with E-state index in [1.807, 2.05) is 54.8 Å². The molecule has 0 saturated heterocycles. The zero-order valence-electron chi connectivity index (χ0n) is 13.1. The first-order chi connectivity index (χ1) is 11.6. The first kappa shape index (κ1) is 16.6. The van der Waals surface area contributed by atoms with E-state index < -0.39 is 0 Å². The van der Waals surface area contributed by atoms with Gasteiger partial charge in [0, 0.05) is 16.3 Å². The number of thiophene rings is 1. The van der Waals surface area contributed by atoms with Crippen LogP contribution in [0.5, 0.6) is 5.75 Å². The molecular weight excluding hydrogens is 342 g/mol. The molecule has 0 unspecified atom stereocenters. The van der Waals surface area contributed by atoms with Crippen molar-refractivity contribution in [2.24, 2.45) is 0 Å². The second-order valence-electron chi connectivity index (χ2n) is 5.39. The summed E-state index contributed by atoms with van der Waals surface area (Å²) in [6.07, 6.45) is 0. The first-order valence-electron chi connectivity index (χ1n) is 7.44. The Morgan fingerprint density at radius 2 is 1.96 bits per heavy atom. The minimum atomic E-state index is -0.113. The molecule has 3 aromatic rings. The third kappa shape index (κ3) is 4.37. The molecule has 1 amide bonds. The minimum absolute atomic E-state index is 0.113. The van der Waals surface area contributed by atoms with Gasteiger partial charge >= 0.3 is 0 Å². The summed E-state index contributed by atoms with van der Waals surface area (Å²) < 4.78 is 5.69. The predicted molar refractivity (Wildman–Crippen MR) is 99.2 cm³/mol. The van der Waals surface area contributed by atoms with Crippen molar-refractivity contribution in [1.82, 2.24) is 0 Å². The molecule has 3 rings (SSSR count). The molecule has 1 heterocycles. The lowest BCUT2D eigenvalue weighted by Gasteiger charge is -2.05. The first-order valence-corrected chi connectivity index (χ1v) is 8.70. The predicted octanol–water partition coefficient (Wildman–Crippen LogP) is 5.54. The second kappa shape index (κ2) is 7.51. The number of aryl methyl sites for hydroxylation is 1. The zero-order valence-corrected chi connectivity index (χ0v) is 14.7. The molecule has 0 atom stereocenters. The highest BCUT2D eigenvalue weighted by atomic mass is 35.5. The van der Waals surface area contributed by atoms with Crippen LogP contribution in [0.1, 0.15) is 20.8 Å². The van der Waals surface area contributed by atoms with Crippen LogP contribution in [0.3, 0.4) is 0 Å². The van der Waals surface area contributed by atoms with Gasteiger partial charge in [-0.25, -0.2) is 0 Å². The smallest absolute Gasteiger partial charge is 0.265 e. The number of hydrogen-bond acceptors (Lipinski definition) is 3. The van der Waals surface area contributed by atoms with Gasteiger partial charge in [0.2, 0.25) is 0 Å². The van der Waals surface area contributed by atoms with Gasteiger partial charge in [0.05, 0.1) is 4.88 Å². The molecule has 0 aliphatic rings. The average Bonchev–Trinajstić information content (AvgIpc) is 3.04. The van der Waals surface area contributed by atoms with E-state index in [2.05, 4.69) is 5.32 Å². The van der Waals surface area contributed by atoms with Crippen LogP contribution in [0.2, 0.25) is 5.02 Å². The number of carbonyl (C=O) groups is 1. The number of rotatable bonds is 5. The van der Waals surface area contributed by atoms with E-state index in [1.54, 1.807) is 12.1 Å². The van der Waals surface area contributed by atoms with E-state index in [9.17, 15) is 4.79 Å². The monoisotopic (exact) mass is 357 g/mol. The van der Waals surface area contributed by atoms with Gasteiger partial charge < -0.3 is 10.1 Å². The fraction of sp³-hybridized carbons (Fsp3) is 0.105. The van der Waals surface area contributed by atoms with Gasteiger partial charge in [0.25, 0.3) is 5.91 Å². The number of nitrogens with one attached hydrogen (secondary N) is 1. The van der Waals surface area contributed by atoms with Gasteiger partial charge in [0.1, 0.15) is 12.4 Å². The molecule has 3 nitrogen and oxygen atoms in total. The molecule has 122 valence electrons. The molecule has 0 aliphatic heterocycles. The quantitative estimate of drug-likeness (QED) is 0.650. The lowest BCUT2D eigenvalue weighted by Crippen LogP contribution is -2.10. The molecule has 0 fully saturated rings. The van der Waals surface area contributed by atoms with E-state index in [0.29, 0.717) is 22.3 Å². The van der Waals surface area contributed by atoms with Crippen LogP contribution in [-0.2, 0) is 6.61 Å². The van der Waals surface area contributed by atoms with E-state index in [0.717, 1.165) is 16.8 Å². The molecule has 1 N–H and O–H groups in total. The number of hydrogen-bond donors (Lipinski definition) is 1. The van der Waals surface area contributed by atoms with Crippen LogP contribution in [0.4, 0.5) is 5.69 Å².